The van der Waals surface area contributed by atoms with Gasteiger partial charge in [0.15, 0.2) is 0 Å². The molecule has 0 N–H and O–H groups in total. The van der Waals surface area contributed by atoms with Crippen LogP contribution in [0, 0.1) is 56.7 Å². The molecule has 10 nitrogen and oxygen atoms in total. The summed E-state index contributed by atoms with van der Waals surface area (Å²) in [6.07, 6.45) is 15.7. The number of ether oxygens (including phenoxy) is 2. The molecular formula is C36H52N6O4. The summed E-state index contributed by atoms with van der Waals surface area (Å²) in [7, 11) is 0. The average molecular weight is 633 g/mol. The lowest BCUT2D eigenvalue weighted by Crippen LogP contribution is -2.67. The fraction of sp³-hybridized carbons (Fsp3) is 0.778. The maximum absolute atomic E-state index is 12.9. The molecule has 10 atom stereocenters. The molecule has 5 saturated carbocycles. The zero-order valence-electron chi connectivity index (χ0n) is 28.6. The zero-order chi connectivity index (χ0) is 32.7. The van der Waals surface area contributed by atoms with Crippen molar-refractivity contribution in [1.82, 2.24) is 29.5 Å². The van der Waals surface area contributed by atoms with Crippen molar-refractivity contribution in [3.63, 3.8) is 0 Å². The molecule has 5 aliphatic rings. The summed E-state index contributed by atoms with van der Waals surface area (Å²) in [5.74, 6) is 2.54. The number of carbonyl (C=O) groups excluding carboxylic acids is 2. The van der Waals surface area contributed by atoms with Crippen LogP contribution >= 0.6 is 0 Å². The summed E-state index contributed by atoms with van der Waals surface area (Å²) < 4.78 is 14.6. The Hall–Kier alpha value is -3.04. The van der Waals surface area contributed by atoms with Gasteiger partial charge in [-0.05, 0) is 117 Å². The van der Waals surface area contributed by atoms with Crippen molar-refractivity contribution in [3.8, 4) is 0 Å². The predicted octanol–water partition coefficient (Wildman–Crippen LogP) is 7.57. The van der Waals surface area contributed by atoms with E-state index in [9.17, 15) is 9.59 Å². The van der Waals surface area contributed by atoms with Crippen LogP contribution in [0.1, 0.15) is 106 Å². The third-order valence-electron chi connectivity index (χ3n) is 15.1. The fourth-order valence-corrected chi connectivity index (χ4v) is 12.8. The maximum atomic E-state index is 12.9. The minimum Gasteiger partial charge on any atom is -0.447 e. The van der Waals surface area contributed by atoms with Crippen molar-refractivity contribution < 1.29 is 19.1 Å². The molecular weight excluding hydrogens is 580 g/mol. The van der Waals surface area contributed by atoms with Crippen LogP contribution in [0.25, 0.3) is 0 Å². The van der Waals surface area contributed by atoms with Gasteiger partial charge >= 0.3 is 12.2 Å². The molecule has 250 valence electrons. The van der Waals surface area contributed by atoms with Crippen molar-refractivity contribution in [1.29, 1.82) is 0 Å². The number of allylic oxidation sites excluding steroid dienone is 1. The average Bonchev–Trinajstić information content (AvgIpc) is 3.80. The highest BCUT2D eigenvalue weighted by Crippen LogP contribution is 2.77. The first-order valence-electron chi connectivity index (χ1n) is 17.5. The van der Waals surface area contributed by atoms with Crippen LogP contribution in [0.2, 0.25) is 0 Å². The summed E-state index contributed by atoms with van der Waals surface area (Å²) in [5.41, 5.74) is 1.67. The lowest BCUT2D eigenvalue weighted by atomic mass is 9.32. The van der Waals surface area contributed by atoms with Gasteiger partial charge in [0, 0.05) is 10.8 Å². The largest absolute Gasteiger partial charge is 0.447 e. The second-order valence-corrected chi connectivity index (χ2v) is 17.0. The van der Waals surface area contributed by atoms with E-state index in [0.717, 1.165) is 44.9 Å². The van der Waals surface area contributed by atoms with Gasteiger partial charge < -0.3 is 9.47 Å². The quantitative estimate of drug-likeness (QED) is 0.317. The number of carbonyl (C=O) groups is 2. The molecule has 0 saturated heterocycles. The summed E-state index contributed by atoms with van der Waals surface area (Å²) in [5, 5.41) is 8.01. The van der Waals surface area contributed by atoms with E-state index in [1.165, 1.54) is 59.5 Å². The molecule has 10 heteroatoms. The molecule has 4 unspecified atom stereocenters. The summed E-state index contributed by atoms with van der Waals surface area (Å²) in [6, 6.07) is 0. The number of hydrogen-bond acceptors (Lipinski definition) is 8. The molecule has 0 amide bonds. The Morgan fingerprint density at radius 1 is 0.804 bits per heavy atom. The van der Waals surface area contributed by atoms with E-state index in [0.29, 0.717) is 36.2 Å². The topological polar surface area (TPSA) is 114 Å². The molecule has 2 aromatic heterocycles. The van der Waals surface area contributed by atoms with Crippen molar-refractivity contribution >= 4 is 12.2 Å². The highest BCUT2D eigenvalue weighted by molar-refractivity contribution is 5.69. The standard InChI is InChI=1S/C36H52N6O4/c1-23(2)24-10-15-36(18-45-30(43)41-21-37-19-39-41)17-16-34(6)25(29(24)36)8-9-27-33(5)13-12-28(46-31(44)42-22-38-20-40-42)32(3,4)26(33)11-14-35(27,34)7/h19-22,24-29H,1,8-18H2,2-7H3/t24-,25?,26?,27?,28-,29?,33-,34+,35+,36+/m0/s1. The van der Waals surface area contributed by atoms with Crippen LogP contribution in [-0.4, -0.2) is 54.4 Å². The minimum atomic E-state index is -0.440. The van der Waals surface area contributed by atoms with Crippen molar-refractivity contribution in [2.24, 2.45) is 56.7 Å². The van der Waals surface area contributed by atoms with E-state index in [2.05, 4.69) is 68.3 Å². The Balaban J connectivity index is 1.15. The van der Waals surface area contributed by atoms with E-state index in [-0.39, 0.29) is 33.2 Å². The molecule has 5 aliphatic carbocycles. The van der Waals surface area contributed by atoms with Gasteiger partial charge in [-0.2, -0.15) is 9.36 Å². The molecule has 0 spiro atoms. The monoisotopic (exact) mass is 632 g/mol. The molecule has 2 heterocycles. The van der Waals surface area contributed by atoms with Crippen molar-refractivity contribution in [3.05, 3.63) is 37.5 Å². The molecule has 0 bridgehead atoms. The third-order valence-corrected chi connectivity index (χ3v) is 15.1. The molecule has 5 fully saturated rings. The highest BCUT2D eigenvalue weighted by Gasteiger charge is 2.71. The van der Waals surface area contributed by atoms with Gasteiger partial charge in [0.05, 0.1) is 6.61 Å². The van der Waals surface area contributed by atoms with E-state index in [4.69, 9.17) is 9.47 Å². The van der Waals surface area contributed by atoms with E-state index in [1.54, 1.807) is 0 Å². The van der Waals surface area contributed by atoms with Crippen LogP contribution in [0.3, 0.4) is 0 Å². The SMILES string of the molecule is C=C(C)[C@@H]1CC[C@]2(COC(=O)n3cncn3)CC[C@]3(C)C(CCC4[C@@]5(C)CC[C@H](OC(=O)n6cncn6)C(C)(C)C5CC[C@]43C)C12. The Morgan fingerprint density at radius 3 is 2.15 bits per heavy atom. The van der Waals surface area contributed by atoms with Crippen LogP contribution in [-0.2, 0) is 9.47 Å². The number of aromatic nitrogens is 6. The second kappa shape index (κ2) is 10.7. The van der Waals surface area contributed by atoms with Gasteiger partial charge in [0.2, 0.25) is 0 Å². The van der Waals surface area contributed by atoms with Gasteiger partial charge in [-0.25, -0.2) is 19.6 Å². The van der Waals surface area contributed by atoms with Gasteiger partial charge in [-0.3, -0.25) is 0 Å². The van der Waals surface area contributed by atoms with Crippen molar-refractivity contribution in [2.45, 2.75) is 112 Å². The third kappa shape index (κ3) is 4.40. The summed E-state index contributed by atoms with van der Waals surface area (Å²) >= 11 is 0. The van der Waals surface area contributed by atoms with Crippen LogP contribution < -0.4 is 0 Å². The Morgan fingerprint density at radius 2 is 1.50 bits per heavy atom. The molecule has 0 aliphatic heterocycles. The molecule has 0 radical (unpaired) electrons. The van der Waals surface area contributed by atoms with Gasteiger partial charge in [-0.1, -0.05) is 46.8 Å². The Bertz CT molecular complexity index is 1490. The van der Waals surface area contributed by atoms with Crippen molar-refractivity contribution in [2.75, 3.05) is 6.61 Å². The van der Waals surface area contributed by atoms with Crippen LogP contribution in [0.5, 0.6) is 0 Å². The molecule has 7 rings (SSSR count). The number of nitrogens with zero attached hydrogens (tertiary/aromatic N) is 6. The lowest BCUT2D eigenvalue weighted by molar-refractivity contribution is -0.249. The lowest BCUT2D eigenvalue weighted by Gasteiger charge is -2.73. The van der Waals surface area contributed by atoms with E-state index < -0.39 is 12.2 Å². The number of fused-ring (bicyclic) bond motifs is 7. The first kappa shape index (κ1) is 31.6. The molecule has 0 aromatic carbocycles. The van der Waals surface area contributed by atoms with Crippen LogP contribution in [0.15, 0.2) is 37.5 Å². The smallest absolute Gasteiger partial charge is 0.436 e. The normalized spacial score (nSPS) is 42.6. The minimum absolute atomic E-state index is 0.0254. The van der Waals surface area contributed by atoms with Crippen LogP contribution in [0.4, 0.5) is 9.59 Å². The molecule has 2 aromatic rings. The zero-order valence-corrected chi connectivity index (χ0v) is 28.6. The highest BCUT2D eigenvalue weighted by atomic mass is 16.6. The van der Waals surface area contributed by atoms with Gasteiger partial charge in [-0.15, -0.1) is 10.2 Å². The first-order valence-corrected chi connectivity index (χ1v) is 17.5. The fourth-order valence-electron chi connectivity index (χ4n) is 12.8. The number of rotatable bonds is 4. The summed E-state index contributed by atoms with van der Waals surface area (Å²) in [4.78, 5) is 33.7. The predicted molar refractivity (Wildman–Crippen MR) is 171 cm³/mol. The first-order chi connectivity index (χ1) is 21.8. The van der Waals surface area contributed by atoms with Gasteiger partial charge in [0.25, 0.3) is 0 Å². The Labute approximate surface area is 273 Å². The van der Waals surface area contributed by atoms with E-state index in [1.807, 2.05) is 0 Å². The maximum Gasteiger partial charge on any atom is 0.436 e. The Kier molecular flexibility index (Phi) is 7.37. The second-order valence-electron chi connectivity index (χ2n) is 17.0. The number of hydrogen-bond donors (Lipinski definition) is 0. The summed E-state index contributed by atoms with van der Waals surface area (Å²) in [6.45, 7) is 19.7. The van der Waals surface area contributed by atoms with Gasteiger partial charge in [0.1, 0.15) is 31.4 Å². The van der Waals surface area contributed by atoms with E-state index >= 15 is 0 Å². The molecule has 46 heavy (non-hydrogen) atoms.